The molecule has 96 valence electrons. The van der Waals surface area contributed by atoms with E-state index >= 15 is 0 Å². The maximum Gasteiger partial charge on any atom is 0.0710 e. The zero-order chi connectivity index (χ0) is 12.6. The minimum absolute atomic E-state index is 0.0180. The minimum atomic E-state index is -0.675. The first kappa shape index (κ1) is 15.7. The third-order valence-electron chi connectivity index (χ3n) is 3.55. The largest absolute Gasteiger partial charge is 0.392 e. The predicted octanol–water partition coefficient (Wildman–Crippen LogP) is 3.28. The highest BCUT2D eigenvalue weighted by molar-refractivity contribution is 5.07. The van der Waals surface area contributed by atoms with Gasteiger partial charge in [-0.2, -0.15) is 0 Å². The first-order valence-corrected chi connectivity index (χ1v) is 6.52. The van der Waals surface area contributed by atoms with Gasteiger partial charge in [0.1, 0.15) is 0 Å². The maximum atomic E-state index is 10.7. The van der Waals surface area contributed by atoms with E-state index in [-0.39, 0.29) is 12.5 Å². The molecule has 1 unspecified atom stereocenters. The molecule has 0 aromatic carbocycles. The van der Waals surface area contributed by atoms with Gasteiger partial charge in [-0.05, 0) is 18.4 Å². The van der Waals surface area contributed by atoms with Crippen molar-refractivity contribution in [1.29, 1.82) is 0 Å². The van der Waals surface area contributed by atoms with Crippen LogP contribution in [0.25, 0.3) is 0 Å². The molecule has 0 aliphatic heterocycles. The number of aliphatic hydroxyl groups is 2. The van der Waals surface area contributed by atoms with Gasteiger partial charge in [-0.25, -0.2) is 0 Å². The molecule has 0 radical (unpaired) electrons. The Kier molecular flexibility index (Phi) is 7.69. The highest BCUT2D eigenvalue weighted by atomic mass is 16.3. The molecule has 0 bridgehead atoms. The van der Waals surface area contributed by atoms with Gasteiger partial charge in [0, 0.05) is 5.92 Å². The molecule has 2 nitrogen and oxygen atoms in total. The lowest BCUT2D eigenvalue weighted by molar-refractivity contribution is -0.0207. The molecule has 0 saturated carbocycles. The zero-order valence-corrected chi connectivity index (χ0v) is 11.1. The van der Waals surface area contributed by atoms with E-state index < -0.39 is 5.60 Å². The van der Waals surface area contributed by atoms with E-state index in [1.54, 1.807) is 0 Å². The quantitative estimate of drug-likeness (QED) is 0.595. The Hall–Kier alpha value is -0.340. The van der Waals surface area contributed by atoms with Crippen LogP contribution in [-0.4, -0.2) is 22.4 Å². The van der Waals surface area contributed by atoms with Gasteiger partial charge in [-0.15, -0.1) is 0 Å². The molecule has 0 rings (SSSR count). The Morgan fingerprint density at radius 1 is 1.19 bits per heavy atom. The molecule has 2 N–H and O–H groups in total. The van der Waals surface area contributed by atoms with Gasteiger partial charge < -0.3 is 10.2 Å². The van der Waals surface area contributed by atoms with Gasteiger partial charge in [0.05, 0.1) is 12.2 Å². The Balaban J connectivity index is 4.54. The first-order valence-electron chi connectivity index (χ1n) is 6.52. The number of hydrogen-bond donors (Lipinski definition) is 2. The van der Waals surface area contributed by atoms with Gasteiger partial charge in [0.2, 0.25) is 0 Å². The van der Waals surface area contributed by atoms with Gasteiger partial charge in [0.15, 0.2) is 0 Å². The second-order valence-corrected chi connectivity index (χ2v) is 4.85. The van der Waals surface area contributed by atoms with E-state index in [0.717, 1.165) is 44.1 Å². The maximum absolute atomic E-state index is 10.7. The predicted molar refractivity (Wildman–Crippen MR) is 69.4 cm³/mol. The smallest absolute Gasteiger partial charge is 0.0710 e. The number of aliphatic hydroxyl groups excluding tert-OH is 1. The van der Waals surface area contributed by atoms with E-state index in [9.17, 15) is 5.11 Å². The Morgan fingerprint density at radius 2 is 1.62 bits per heavy atom. The van der Waals surface area contributed by atoms with Crippen LogP contribution in [0.15, 0.2) is 12.2 Å². The molecule has 0 aliphatic carbocycles. The number of rotatable bonds is 9. The Labute approximate surface area is 100 Å². The van der Waals surface area contributed by atoms with Crippen LogP contribution in [0.3, 0.4) is 0 Å². The van der Waals surface area contributed by atoms with E-state index in [1.807, 2.05) is 6.92 Å². The van der Waals surface area contributed by atoms with Crippen molar-refractivity contribution in [2.75, 3.05) is 6.61 Å². The highest BCUT2D eigenvalue weighted by Gasteiger charge is 2.33. The lowest BCUT2D eigenvalue weighted by Gasteiger charge is -2.35. The minimum Gasteiger partial charge on any atom is -0.392 e. The summed E-state index contributed by atoms with van der Waals surface area (Å²) in [6.07, 6.45) is 5.86. The summed E-state index contributed by atoms with van der Waals surface area (Å²) in [6.45, 7) is 10.1. The molecule has 0 aromatic heterocycles. The van der Waals surface area contributed by atoms with Crippen LogP contribution in [-0.2, 0) is 0 Å². The fraction of sp³-hybridized carbons (Fsp3) is 0.857. The fourth-order valence-corrected chi connectivity index (χ4v) is 2.04. The lowest BCUT2D eigenvalue weighted by Crippen LogP contribution is -2.38. The summed E-state index contributed by atoms with van der Waals surface area (Å²) < 4.78 is 0. The Morgan fingerprint density at radius 3 is 1.94 bits per heavy atom. The van der Waals surface area contributed by atoms with Crippen molar-refractivity contribution < 1.29 is 10.2 Å². The van der Waals surface area contributed by atoms with Crippen molar-refractivity contribution in [2.24, 2.45) is 5.92 Å². The summed E-state index contributed by atoms with van der Waals surface area (Å²) in [7, 11) is 0. The molecular weight excluding hydrogens is 200 g/mol. The summed E-state index contributed by atoms with van der Waals surface area (Å²) in [6, 6.07) is 0. The van der Waals surface area contributed by atoms with Crippen molar-refractivity contribution in [3.05, 3.63) is 12.2 Å². The van der Waals surface area contributed by atoms with Crippen molar-refractivity contribution >= 4 is 0 Å². The van der Waals surface area contributed by atoms with E-state index in [0.29, 0.717) is 0 Å². The molecular formula is C14H28O2. The first-order chi connectivity index (χ1) is 7.51. The van der Waals surface area contributed by atoms with Crippen LogP contribution < -0.4 is 0 Å². The second-order valence-electron chi connectivity index (χ2n) is 4.85. The van der Waals surface area contributed by atoms with Crippen molar-refractivity contribution in [1.82, 2.24) is 0 Å². The molecule has 0 fully saturated rings. The molecule has 1 atom stereocenters. The monoisotopic (exact) mass is 228 g/mol. The van der Waals surface area contributed by atoms with Gasteiger partial charge in [-0.1, -0.05) is 53.0 Å². The van der Waals surface area contributed by atoms with Crippen LogP contribution in [0.4, 0.5) is 0 Å². The summed E-state index contributed by atoms with van der Waals surface area (Å²) in [5, 5.41) is 19.8. The summed E-state index contributed by atoms with van der Waals surface area (Å²) in [5.41, 5.74) is 0.0703. The van der Waals surface area contributed by atoms with Crippen molar-refractivity contribution in [3.63, 3.8) is 0 Å². The van der Waals surface area contributed by atoms with Crippen molar-refractivity contribution in [2.45, 2.75) is 64.9 Å². The van der Waals surface area contributed by atoms with Gasteiger partial charge in [0.25, 0.3) is 0 Å². The summed E-state index contributed by atoms with van der Waals surface area (Å²) in [5.74, 6) is -0.0180. The molecule has 0 aliphatic rings. The van der Waals surface area contributed by atoms with Crippen LogP contribution in [0.1, 0.15) is 59.3 Å². The van der Waals surface area contributed by atoms with Crippen molar-refractivity contribution in [3.8, 4) is 0 Å². The highest BCUT2D eigenvalue weighted by Crippen LogP contribution is 2.33. The zero-order valence-electron chi connectivity index (χ0n) is 11.1. The molecule has 0 heterocycles. The molecule has 0 spiro atoms. The topological polar surface area (TPSA) is 40.5 Å². The average molecular weight is 228 g/mol. The van der Waals surface area contributed by atoms with E-state index in [4.69, 9.17) is 5.11 Å². The van der Waals surface area contributed by atoms with Crippen LogP contribution in [0, 0.1) is 5.92 Å². The fourth-order valence-electron chi connectivity index (χ4n) is 2.04. The number of hydrogen-bond acceptors (Lipinski definition) is 2. The van der Waals surface area contributed by atoms with Gasteiger partial charge in [-0.3, -0.25) is 0 Å². The van der Waals surface area contributed by atoms with Crippen LogP contribution in [0.5, 0.6) is 0 Å². The summed E-state index contributed by atoms with van der Waals surface area (Å²) >= 11 is 0. The van der Waals surface area contributed by atoms with Crippen LogP contribution in [0.2, 0.25) is 0 Å². The molecule has 0 amide bonds. The Bertz CT molecular complexity index is 191. The third kappa shape index (κ3) is 4.67. The van der Waals surface area contributed by atoms with E-state index in [1.165, 1.54) is 0 Å². The molecule has 2 heteroatoms. The van der Waals surface area contributed by atoms with Crippen LogP contribution >= 0.6 is 0 Å². The summed E-state index contributed by atoms with van der Waals surface area (Å²) in [4.78, 5) is 0. The second kappa shape index (κ2) is 7.86. The van der Waals surface area contributed by atoms with E-state index in [2.05, 4.69) is 20.4 Å². The number of unbranched alkanes of at least 4 members (excludes halogenated alkanes) is 2. The normalized spacial score (nSPS) is 13.8. The third-order valence-corrected chi connectivity index (χ3v) is 3.55. The lowest BCUT2D eigenvalue weighted by atomic mass is 9.77. The molecule has 16 heavy (non-hydrogen) atoms. The molecule has 0 aromatic rings. The standard InChI is InChI=1S/C14H28O2/c1-5-7-9-14(16,10-8-6-2)13(4)12(3)11-15/h13,15-16H,3,5-11H2,1-2,4H3. The average Bonchev–Trinajstić information content (AvgIpc) is 2.31. The van der Waals surface area contributed by atoms with Gasteiger partial charge >= 0.3 is 0 Å². The molecule has 0 saturated heterocycles. The SMILES string of the molecule is C=C(CO)C(C)C(O)(CCCC)CCCC.